The van der Waals surface area contributed by atoms with Crippen molar-refractivity contribution in [3.63, 3.8) is 0 Å². The monoisotopic (exact) mass is 237 g/mol. The zero-order valence-corrected chi connectivity index (χ0v) is 8.56. The van der Waals surface area contributed by atoms with Crippen LogP contribution in [-0.2, 0) is 15.1 Å². The molecule has 0 aromatic rings. The first-order chi connectivity index (χ1) is 6.02. The lowest BCUT2D eigenvalue weighted by Crippen LogP contribution is -2.16. The predicted octanol–water partition coefficient (Wildman–Crippen LogP) is -0.283. The summed E-state index contributed by atoms with van der Waals surface area (Å²) in [5.41, 5.74) is 5.38. The molecular formula is C7H8ClNO4S. The fourth-order valence-corrected chi connectivity index (χ4v) is 1.40. The Balaban J connectivity index is 0.00000169. The molecule has 0 aliphatic heterocycles. The molecule has 0 aromatic carbocycles. The molecule has 0 spiro atoms. The number of aliphatic carboxylic acids is 1. The number of halogens is 1. The molecule has 0 fully saturated rings. The van der Waals surface area contributed by atoms with Crippen LogP contribution in [0.5, 0.6) is 0 Å². The van der Waals surface area contributed by atoms with Gasteiger partial charge in [0.15, 0.2) is 0 Å². The quantitative estimate of drug-likeness (QED) is 0.611. The van der Waals surface area contributed by atoms with Crippen LogP contribution >= 0.6 is 12.4 Å². The predicted molar refractivity (Wildman–Crippen MR) is 53.8 cm³/mol. The van der Waals surface area contributed by atoms with Crippen molar-refractivity contribution < 1.29 is 18.3 Å². The number of carboxylic acid groups (broad SMARTS) is 1. The van der Waals surface area contributed by atoms with Crippen molar-refractivity contribution in [1.82, 2.24) is 0 Å². The Hall–Kier alpha value is -1.27. The lowest BCUT2D eigenvalue weighted by atomic mass is 10.0. The van der Waals surface area contributed by atoms with Gasteiger partial charge in [-0.3, -0.25) is 0 Å². The topological polar surface area (TPSA) is 97.5 Å². The molecule has 1 aliphatic rings. The van der Waals surface area contributed by atoms with E-state index in [1.54, 1.807) is 0 Å². The molecule has 7 heteroatoms. The molecule has 1 aliphatic carbocycles. The van der Waals surface area contributed by atoms with Crippen molar-refractivity contribution in [3.05, 3.63) is 23.4 Å². The molecule has 0 saturated heterocycles. The molecule has 0 bridgehead atoms. The number of hydrogen-bond acceptors (Lipinski definition) is 4. The van der Waals surface area contributed by atoms with Crippen LogP contribution in [0.2, 0.25) is 0 Å². The Morgan fingerprint density at radius 2 is 2.00 bits per heavy atom. The van der Waals surface area contributed by atoms with E-state index in [9.17, 15) is 13.2 Å². The van der Waals surface area contributed by atoms with E-state index >= 15 is 0 Å². The van der Waals surface area contributed by atoms with Gasteiger partial charge in [-0.25, -0.2) is 4.79 Å². The summed E-state index contributed by atoms with van der Waals surface area (Å²) in [7, 11) is -2.33. The van der Waals surface area contributed by atoms with Crippen LogP contribution in [-0.4, -0.2) is 24.4 Å². The van der Waals surface area contributed by atoms with Gasteiger partial charge in [-0.15, -0.1) is 12.4 Å². The summed E-state index contributed by atoms with van der Waals surface area (Å²) in [6, 6.07) is 0. The van der Waals surface area contributed by atoms with E-state index in [1.807, 2.05) is 0 Å². The second kappa shape index (κ2) is 4.83. The van der Waals surface area contributed by atoms with Crippen LogP contribution in [0.1, 0.15) is 6.42 Å². The minimum Gasteiger partial charge on any atom is -0.478 e. The molecule has 0 amide bonds. The molecule has 0 radical (unpaired) electrons. The van der Waals surface area contributed by atoms with Gasteiger partial charge in [0.1, 0.15) is 0 Å². The summed E-state index contributed by atoms with van der Waals surface area (Å²) >= 11 is 0. The van der Waals surface area contributed by atoms with Gasteiger partial charge in [-0.05, 0) is 12.2 Å². The van der Waals surface area contributed by atoms with E-state index in [2.05, 4.69) is 0 Å². The maximum absolute atomic E-state index is 10.5. The molecule has 78 valence electrons. The van der Waals surface area contributed by atoms with Gasteiger partial charge in [-0.1, -0.05) is 0 Å². The molecule has 0 unspecified atom stereocenters. The van der Waals surface area contributed by atoms with Crippen LogP contribution in [0.25, 0.3) is 0 Å². The standard InChI is InChI=1S/C7H7NO4S.ClH/c8-6-3-4(13(11)12)1-2-5(6)7(9)10;/h1-2H,3,8H2,(H,9,10);1H. The third kappa shape index (κ3) is 2.61. The lowest BCUT2D eigenvalue weighted by molar-refractivity contribution is -0.132. The van der Waals surface area contributed by atoms with Gasteiger partial charge < -0.3 is 10.8 Å². The molecule has 5 nitrogen and oxygen atoms in total. The number of carboxylic acids is 1. The largest absolute Gasteiger partial charge is 0.478 e. The average Bonchev–Trinajstić information content (AvgIpc) is 2.03. The van der Waals surface area contributed by atoms with E-state index in [1.165, 1.54) is 12.2 Å². The lowest BCUT2D eigenvalue weighted by Gasteiger charge is -2.07. The van der Waals surface area contributed by atoms with Crippen LogP contribution in [0, 0.1) is 0 Å². The minimum atomic E-state index is -2.33. The summed E-state index contributed by atoms with van der Waals surface area (Å²) in [5.74, 6) is -1.15. The SMILES string of the molecule is Cl.NC1=C(C(=O)O)C=CC(=S(=O)=O)C1. The fraction of sp³-hybridized carbons (Fsp3) is 0.143. The number of hydrogen-bond donors (Lipinski definition) is 2. The van der Waals surface area contributed by atoms with Crippen molar-refractivity contribution in [2.75, 3.05) is 0 Å². The van der Waals surface area contributed by atoms with Crippen LogP contribution in [0.4, 0.5) is 0 Å². The number of allylic oxidation sites excluding steroid dienone is 2. The Labute approximate surface area is 87.9 Å². The first-order valence-corrected chi connectivity index (χ1v) is 4.45. The van der Waals surface area contributed by atoms with Gasteiger partial charge in [-0.2, -0.15) is 8.42 Å². The summed E-state index contributed by atoms with van der Waals surface area (Å²) in [4.78, 5) is 10.6. The first kappa shape index (κ1) is 12.7. The zero-order valence-electron chi connectivity index (χ0n) is 6.93. The second-order valence-corrected chi connectivity index (χ2v) is 3.45. The molecule has 14 heavy (non-hydrogen) atoms. The average molecular weight is 238 g/mol. The van der Waals surface area contributed by atoms with E-state index < -0.39 is 16.3 Å². The molecule has 0 atom stereocenters. The first-order valence-electron chi connectivity index (χ1n) is 3.37. The third-order valence-electron chi connectivity index (χ3n) is 1.59. The Morgan fingerprint density at radius 3 is 2.36 bits per heavy atom. The molecule has 1 rings (SSSR count). The van der Waals surface area contributed by atoms with Gasteiger partial charge in [0, 0.05) is 12.1 Å². The molecule has 3 N–H and O–H groups in total. The number of rotatable bonds is 1. The van der Waals surface area contributed by atoms with Crippen molar-refractivity contribution in [1.29, 1.82) is 0 Å². The normalized spacial score (nSPS) is 15.0. The highest BCUT2D eigenvalue weighted by Gasteiger charge is 2.15. The summed E-state index contributed by atoms with van der Waals surface area (Å²) < 4.78 is 20.9. The van der Waals surface area contributed by atoms with Gasteiger partial charge >= 0.3 is 5.97 Å². The fourth-order valence-electron chi connectivity index (χ4n) is 0.948. The Kier molecular flexibility index (Phi) is 4.39. The summed E-state index contributed by atoms with van der Waals surface area (Å²) in [5, 5.41) is 8.58. The molecule has 0 aromatic heterocycles. The number of carbonyl (C=O) groups is 1. The molecular weight excluding hydrogens is 230 g/mol. The van der Waals surface area contributed by atoms with Gasteiger partial charge in [0.25, 0.3) is 0 Å². The van der Waals surface area contributed by atoms with Crippen LogP contribution in [0.15, 0.2) is 23.4 Å². The zero-order chi connectivity index (χ0) is 10.0. The Morgan fingerprint density at radius 1 is 1.43 bits per heavy atom. The third-order valence-corrected chi connectivity index (χ3v) is 2.30. The van der Waals surface area contributed by atoms with Crippen LogP contribution in [0.3, 0.4) is 0 Å². The van der Waals surface area contributed by atoms with E-state index in [0.29, 0.717) is 0 Å². The van der Waals surface area contributed by atoms with E-state index in [4.69, 9.17) is 10.8 Å². The summed E-state index contributed by atoms with van der Waals surface area (Å²) in [6.45, 7) is 0. The van der Waals surface area contributed by atoms with E-state index in [-0.39, 0.29) is 35.0 Å². The highest BCUT2D eigenvalue weighted by molar-refractivity contribution is 7.73. The highest BCUT2D eigenvalue weighted by Crippen LogP contribution is 2.12. The van der Waals surface area contributed by atoms with Crippen molar-refractivity contribution in [3.8, 4) is 0 Å². The van der Waals surface area contributed by atoms with Crippen molar-refractivity contribution in [2.45, 2.75) is 6.42 Å². The maximum Gasteiger partial charge on any atom is 0.337 e. The number of nitrogens with two attached hydrogens (primary N) is 1. The van der Waals surface area contributed by atoms with Gasteiger partial charge in [0.05, 0.1) is 10.4 Å². The van der Waals surface area contributed by atoms with Crippen LogP contribution < -0.4 is 5.73 Å². The molecule has 0 saturated carbocycles. The minimum absolute atomic E-state index is 0. The second-order valence-electron chi connectivity index (χ2n) is 2.46. The highest BCUT2D eigenvalue weighted by atomic mass is 35.5. The maximum atomic E-state index is 10.5. The van der Waals surface area contributed by atoms with Crippen molar-refractivity contribution in [2.24, 2.45) is 5.73 Å². The summed E-state index contributed by atoms with van der Waals surface area (Å²) in [6.07, 6.45) is 2.39. The van der Waals surface area contributed by atoms with E-state index in [0.717, 1.165) is 0 Å². The Bertz CT molecular complexity index is 438. The smallest absolute Gasteiger partial charge is 0.337 e. The molecule has 0 heterocycles. The van der Waals surface area contributed by atoms with Crippen molar-refractivity contribution >= 4 is 33.5 Å². The van der Waals surface area contributed by atoms with Gasteiger partial charge in [0.2, 0.25) is 10.3 Å².